The van der Waals surface area contributed by atoms with E-state index in [1.165, 1.54) is 5.56 Å². The van der Waals surface area contributed by atoms with Crippen molar-refractivity contribution in [3.05, 3.63) is 94.0 Å². The Kier molecular flexibility index (Phi) is 6.35. The van der Waals surface area contributed by atoms with Crippen molar-refractivity contribution in [2.75, 3.05) is 6.54 Å². The van der Waals surface area contributed by atoms with E-state index in [-0.39, 0.29) is 0 Å². The van der Waals surface area contributed by atoms with Crippen LogP contribution in [-0.4, -0.2) is 6.54 Å². The van der Waals surface area contributed by atoms with Gasteiger partial charge in [0.25, 0.3) is 0 Å². The van der Waals surface area contributed by atoms with Crippen LogP contribution in [0.15, 0.2) is 72.8 Å². The molecular weight excluding hydrogens is 353 g/mol. The van der Waals surface area contributed by atoms with Gasteiger partial charge in [-0.3, -0.25) is 0 Å². The van der Waals surface area contributed by atoms with Gasteiger partial charge in [0.2, 0.25) is 0 Å². The molecule has 2 nitrogen and oxygen atoms in total. The standard InChI is InChI=1S/C21H19Cl2NO/c22-20-10-5-11-21(23)19(20)12-13-24-15-16-6-4-9-18(14-16)25-17-7-2-1-3-8-17/h1-11,14,24H,12-13,15H2. The van der Waals surface area contributed by atoms with Gasteiger partial charge < -0.3 is 10.1 Å². The smallest absolute Gasteiger partial charge is 0.127 e. The minimum absolute atomic E-state index is 0.715. The number of benzene rings is 3. The Hall–Kier alpha value is -2.00. The maximum absolute atomic E-state index is 6.19. The molecule has 0 aliphatic carbocycles. The third kappa shape index (κ3) is 5.23. The Labute approximate surface area is 158 Å². The molecule has 128 valence electrons. The van der Waals surface area contributed by atoms with Gasteiger partial charge in [-0.2, -0.15) is 0 Å². The molecule has 0 unspecified atom stereocenters. The van der Waals surface area contributed by atoms with Gasteiger partial charge >= 0.3 is 0 Å². The summed E-state index contributed by atoms with van der Waals surface area (Å²) in [4.78, 5) is 0. The molecule has 3 aromatic rings. The Morgan fingerprint density at radius 3 is 2.20 bits per heavy atom. The lowest BCUT2D eigenvalue weighted by atomic mass is 10.1. The number of hydrogen-bond donors (Lipinski definition) is 1. The van der Waals surface area contributed by atoms with Crippen LogP contribution in [0, 0.1) is 0 Å². The van der Waals surface area contributed by atoms with E-state index in [1.807, 2.05) is 66.7 Å². The van der Waals surface area contributed by atoms with Gasteiger partial charge in [-0.05, 0) is 60.5 Å². The van der Waals surface area contributed by atoms with E-state index in [1.54, 1.807) is 0 Å². The molecule has 3 rings (SSSR count). The summed E-state index contributed by atoms with van der Waals surface area (Å²) in [5.41, 5.74) is 2.15. The third-order valence-electron chi connectivity index (χ3n) is 3.82. The second kappa shape index (κ2) is 8.91. The number of para-hydroxylation sites is 1. The molecule has 0 heterocycles. The van der Waals surface area contributed by atoms with Crippen molar-refractivity contribution in [2.24, 2.45) is 0 Å². The van der Waals surface area contributed by atoms with E-state index in [4.69, 9.17) is 27.9 Å². The lowest BCUT2D eigenvalue weighted by Gasteiger charge is -2.10. The molecule has 0 radical (unpaired) electrons. The van der Waals surface area contributed by atoms with Crippen LogP contribution in [0.25, 0.3) is 0 Å². The quantitative estimate of drug-likeness (QED) is 0.505. The van der Waals surface area contributed by atoms with Gasteiger partial charge in [-0.1, -0.05) is 59.6 Å². The summed E-state index contributed by atoms with van der Waals surface area (Å²) in [6.07, 6.45) is 0.790. The van der Waals surface area contributed by atoms with E-state index in [2.05, 4.69) is 11.4 Å². The predicted molar refractivity (Wildman–Crippen MR) is 105 cm³/mol. The van der Waals surface area contributed by atoms with Crippen molar-refractivity contribution in [2.45, 2.75) is 13.0 Å². The Balaban J connectivity index is 1.53. The molecule has 4 heteroatoms. The molecule has 0 spiro atoms. The highest BCUT2D eigenvalue weighted by Crippen LogP contribution is 2.24. The largest absolute Gasteiger partial charge is 0.457 e. The number of hydrogen-bond acceptors (Lipinski definition) is 2. The highest BCUT2D eigenvalue weighted by atomic mass is 35.5. The van der Waals surface area contributed by atoms with Crippen molar-refractivity contribution in [3.63, 3.8) is 0 Å². The number of ether oxygens (including phenoxy) is 1. The SMILES string of the molecule is Clc1cccc(Cl)c1CCNCc1cccc(Oc2ccccc2)c1. The van der Waals surface area contributed by atoms with Crippen LogP contribution in [0.1, 0.15) is 11.1 Å². The molecule has 3 aromatic carbocycles. The van der Waals surface area contributed by atoms with Crippen molar-refractivity contribution in [1.29, 1.82) is 0 Å². The van der Waals surface area contributed by atoms with Crippen molar-refractivity contribution in [1.82, 2.24) is 5.32 Å². The summed E-state index contributed by atoms with van der Waals surface area (Å²) in [5, 5.41) is 4.85. The summed E-state index contributed by atoms with van der Waals surface area (Å²) < 4.78 is 5.86. The maximum Gasteiger partial charge on any atom is 0.127 e. The van der Waals surface area contributed by atoms with E-state index in [0.29, 0.717) is 10.0 Å². The first kappa shape index (κ1) is 17.8. The zero-order valence-electron chi connectivity index (χ0n) is 13.7. The number of halogens is 2. The number of nitrogens with one attached hydrogen (secondary N) is 1. The molecule has 25 heavy (non-hydrogen) atoms. The molecule has 0 amide bonds. The first-order valence-corrected chi connectivity index (χ1v) is 8.93. The lowest BCUT2D eigenvalue weighted by molar-refractivity contribution is 0.481. The average molecular weight is 372 g/mol. The van der Waals surface area contributed by atoms with Crippen LogP contribution in [0.2, 0.25) is 10.0 Å². The normalized spacial score (nSPS) is 10.6. The molecule has 0 aliphatic heterocycles. The van der Waals surface area contributed by atoms with E-state index in [0.717, 1.165) is 36.6 Å². The monoisotopic (exact) mass is 371 g/mol. The first-order chi connectivity index (χ1) is 12.2. The van der Waals surface area contributed by atoms with Crippen LogP contribution in [-0.2, 0) is 13.0 Å². The minimum atomic E-state index is 0.715. The summed E-state index contributed by atoms with van der Waals surface area (Å²) in [7, 11) is 0. The molecule has 0 atom stereocenters. The third-order valence-corrected chi connectivity index (χ3v) is 4.53. The fourth-order valence-electron chi connectivity index (χ4n) is 2.56. The molecule has 0 fully saturated rings. The Morgan fingerprint density at radius 1 is 0.760 bits per heavy atom. The van der Waals surface area contributed by atoms with Crippen LogP contribution < -0.4 is 10.1 Å². The zero-order chi connectivity index (χ0) is 17.5. The maximum atomic E-state index is 6.19. The summed E-state index contributed by atoms with van der Waals surface area (Å²) in [6.45, 7) is 1.56. The first-order valence-electron chi connectivity index (χ1n) is 8.18. The lowest BCUT2D eigenvalue weighted by Crippen LogP contribution is -2.17. The Morgan fingerprint density at radius 2 is 1.44 bits per heavy atom. The average Bonchev–Trinajstić information content (AvgIpc) is 2.62. The molecule has 0 saturated heterocycles. The van der Waals surface area contributed by atoms with E-state index >= 15 is 0 Å². The van der Waals surface area contributed by atoms with Crippen LogP contribution in [0.3, 0.4) is 0 Å². The molecule has 0 aliphatic rings. The van der Waals surface area contributed by atoms with Gasteiger partial charge in [-0.15, -0.1) is 0 Å². The Bertz CT molecular complexity index is 801. The zero-order valence-corrected chi connectivity index (χ0v) is 15.2. The van der Waals surface area contributed by atoms with Gasteiger partial charge in [0.15, 0.2) is 0 Å². The van der Waals surface area contributed by atoms with E-state index < -0.39 is 0 Å². The number of rotatable bonds is 7. The van der Waals surface area contributed by atoms with Crippen molar-refractivity contribution < 1.29 is 4.74 Å². The molecule has 1 N–H and O–H groups in total. The van der Waals surface area contributed by atoms with Crippen LogP contribution in [0.5, 0.6) is 11.5 Å². The second-order valence-electron chi connectivity index (χ2n) is 5.69. The topological polar surface area (TPSA) is 21.3 Å². The van der Waals surface area contributed by atoms with Crippen LogP contribution >= 0.6 is 23.2 Å². The van der Waals surface area contributed by atoms with E-state index in [9.17, 15) is 0 Å². The minimum Gasteiger partial charge on any atom is -0.457 e. The fraction of sp³-hybridized carbons (Fsp3) is 0.143. The highest BCUT2D eigenvalue weighted by molar-refractivity contribution is 6.35. The van der Waals surface area contributed by atoms with Crippen molar-refractivity contribution >= 4 is 23.2 Å². The summed E-state index contributed by atoms with van der Waals surface area (Å²) >= 11 is 12.4. The van der Waals surface area contributed by atoms with Gasteiger partial charge in [0.1, 0.15) is 11.5 Å². The second-order valence-corrected chi connectivity index (χ2v) is 6.50. The van der Waals surface area contributed by atoms with Gasteiger partial charge in [-0.25, -0.2) is 0 Å². The highest BCUT2D eigenvalue weighted by Gasteiger charge is 2.05. The molecule has 0 saturated carbocycles. The fourth-order valence-corrected chi connectivity index (χ4v) is 3.15. The molecule has 0 bridgehead atoms. The van der Waals surface area contributed by atoms with Gasteiger partial charge in [0, 0.05) is 16.6 Å². The summed E-state index contributed by atoms with van der Waals surface area (Å²) in [5.74, 6) is 1.67. The van der Waals surface area contributed by atoms with Crippen molar-refractivity contribution in [3.8, 4) is 11.5 Å². The van der Waals surface area contributed by atoms with Gasteiger partial charge in [0.05, 0.1) is 0 Å². The van der Waals surface area contributed by atoms with Crippen LogP contribution in [0.4, 0.5) is 0 Å². The molecule has 0 aromatic heterocycles. The molecular formula is C21H19Cl2NO. The predicted octanol–water partition coefficient (Wildman–Crippen LogP) is 6.12. The summed E-state index contributed by atoms with van der Waals surface area (Å²) in [6, 6.07) is 23.5.